The molecule has 0 bridgehead atoms. The Morgan fingerprint density at radius 3 is 2.67 bits per heavy atom. The van der Waals surface area contributed by atoms with Crippen molar-refractivity contribution < 1.29 is 0 Å². The topological polar surface area (TPSA) is 81.5 Å². The van der Waals surface area contributed by atoms with Crippen LogP contribution < -0.4 is 11.2 Å². The summed E-state index contributed by atoms with van der Waals surface area (Å²) in [6.07, 6.45) is 1.59. The van der Waals surface area contributed by atoms with Gasteiger partial charge in [-0.1, -0.05) is 0 Å². The van der Waals surface area contributed by atoms with Crippen LogP contribution in [0.25, 0.3) is 11.0 Å². The summed E-state index contributed by atoms with van der Waals surface area (Å²) < 4.78 is 0. The van der Waals surface area contributed by atoms with Crippen LogP contribution in [0.2, 0.25) is 0 Å². The van der Waals surface area contributed by atoms with Crippen molar-refractivity contribution in [1.29, 1.82) is 0 Å². The molecule has 0 aliphatic carbocycles. The van der Waals surface area contributed by atoms with Gasteiger partial charge in [0.25, 0.3) is 5.56 Å². The van der Waals surface area contributed by atoms with Crippen molar-refractivity contribution in [2.75, 3.05) is 0 Å². The number of nitrogens with one attached hydrogen (secondary N) is 3. The predicted molar refractivity (Wildman–Crippen MR) is 45.3 cm³/mol. The van der Waals surface area contributed by atoms with Crippen LogP contribution in [-0.4, -0.2) is 44.5 Å². The van der Waals surface area contributed by atoms with Crippen LogP contribution in [0.4, 0.5) is 0 Å². The largest absolute Gasteiger partial charge is 0.355 e. The van der Waals surface area contributed by atoms with E-state index in [4.69, 9.17) is 0 Å². The van der Waals surface area contributed by atoms with Gasteiger partial charge in [0.1, 0.15) is 5.52 Å². The SMILES string of the molecule is O=c1[nH]c(=O)c2[nH]ccc2[nH]1.[Na]. The summed E-state index contributed by atoms with van der Waals surface area (Å²) in [4.78, 5) is 28.9. The summed E-state index contributed by atoms with van der Waals surface area (Å²) >= 11 is 0. The van der Waals surface area contributed by atoms with Gasteiger partial charge in [0, 0.05) is 35.8 Å². The number of aromatic nitrogens is 3. The molecule has 3 N–H and O–H groups in total. The van der Waals surface area contributed by atoms with Gasteiger partial charge in [0.2, 0.25) is 0 Å². The Kier molecular flexibility index (Phi) is 2.56. The number of hydrogen-bond acceptors (Lipinski definition) is 2. The molecule has 0 saturated heterocycles. The fourth-order valence-electron chi connectivity index (χ4n) is 0.981. The molecule has 5 nitrogen and oxygen atoms in total. The molecule has 12 heavy (non-hydrogen) atoms. The summed E-state index contributed by atoms with van der Waals surface area (Å²) in [5.41, 5.74) is 0.0409. The van der Waals surface area contributed by atoms with E-state index in [1.54, 1.807) is 12.3 Å². The molecule has 0 aliphatic rings. The van der Waals surface area contributed by atoms with Crippen molar-refractivity contribution in [3.8, 4) is 0 Å². The third-order valence-corrected chi connectivity index (χ3v) is 1.45. The number of rotatable bonds is 0. The first-order valence-corrected chi connectivity index (χ1v) is 3.07. The Balaban J connectivity index is 0.000000720. The standard InChI is InChI=1S/C6H5N3O2.Na/c10-5-4-3(1-2-7-4)8-6(11)9-5;/h1-2,7H,(H2,8,9,10,11);. The number of fused-ring (bicyclic) bond motifs is 1. The molecule has 0 atom stereocenters. The summed E-state index contributed by atoms with van der Waals surface area (Å²) in [7, 11) is 0. The molecule has 0 amide bonds. The maximum atomic E-state index is 11.0. The van der Waals surface area contributed by atoms with Crippen LogP contribution in [0.5, 0.6) is 0 Å². The van der Waals surface area contributed by atoms with Crippen LogP contribution in [0, 0.1) is 0 Å². The van der Waals surface area contributed by atoms with Gasteiger partial charge < -0.3 is 9.97 Å². The summed E-state index contributed by atoms with van der Waals surface area (Å²) in [6.45, 7) is 0. The van der Waals surface area contributed by atoms with E-state index in [1.807, 2.05) is 0 Å². The van der Waals surface area contributed by atoms with Gasteiger partial charge in [-0.3, -0.25) is 9.78 Å². The zero-order valence-corrected chi connectivity index (χ0v) is 8.47. The second-order valence-electron chi connectivity index (χ2n) is 2.17. The van der Waals surface area contributed by atoms with E-state index in [0.717, 1.165) is 0 Å². The number of aromatic amines is 3. The quantitative estimate of drug-likeness (QED) is 0.455. The Hall–Kier alpha value is -0.780. The average molecular weight is 174 g/mol. The van der Waals surface area contributed by atoms with E-state index in [9.17, 15) is 9.59 Å². The molecule has 0 saturated carbocycles. The van der Waals surface area contributed by atoms with Crippen LogP contribution >= 0.6 is 0 Å². The maximum absolute atomic E-state index is 11.0. The Morgan fingerprint density at radius 1 is 1.17 bits per heavy atom. The zero-order valence-electron chi connectivity index (χ0n) is 6.47. The van der Waals surface area contributed by atoms with Gasteiger partial charge in [-0.25, -0.2) is 4.79 Å². The Morgan fingerprint density at radius 2 is 1.92 bits per heavy atom. The van der Waals surface area contributed by atoms with Gasteiger partial charge in [0.05, 0.1) is 5.52 Å². The van der Waals surface area contributed by atoms with E-state index < -0.39 is 11.2 Å². The van der Waals surface area contributed by atoms with Crippen LogP contribution in [0.1, 0.15) is 0 Å². The molecular formula is C6H5N3NaO2. The minimum Gasteiger partial charge on any atom is -0.355 e. The molecule has 2 aromatic heterocycles. The smallest absolute Gasteiger partial charge is 0.326 e. The van der Waals surface area contributed by atoms with Gasteiger partial charge in [-0.2, -0.15) is 0 Å². The molecule has 6 heteroatoms. The molecule has 57 valence electrons. The number of hydrogen-bond donors (Lipinski definition) is 3. The summed E-state index contributed by atoms with van der Waals surface area (Å²) in [6, 6.07) is 1.63. The van der Waals surface area contributed by atoms with Gasteiger partial charge in [-0.15, -0.1) is 0 Å². The normalized spacial score (nSPS) is 9.67. The number of H-pyrrole nitrogens is 3. The van der Waals surface area contributed by atoms with E-state index in [-0.39, 0.29) is 29.6 Å². The molecule has 2 aromatic rings. The second kappa shape index (κ2) is 3.30. The maximum Gasteiger partial charge on any atom is 0.326 e. The van der Waals surface area contributed by atoms with Crippen molar-refractivity contribution in [3.63, 3.8) is 0 Å². The molecule has 2 rings (SSSR count). The van der Waals surface area contributed by atoms with E-state index in [1.165, 1.54) is 0 Å². The van der Waals surface area contributed by atoms with Crippen molar-refractivity contribution >= 4 is 40.6 Å². The van der Waals surface area contributed by atoms with Crippen LogP contribution in [-0.2, 0) is 0 Å². The zero-order chi connectivity index (χ0) is 7.84. The van der Waals surface area contributed by atoms with Gasteiger partial charge in [0.15, 0.2) is 0 Å². The third kappa shape index (κ3) is 1.38. The molecule has 0 unspecified atom stereocenters. The molecule has 2 heterocycles. The van der Waals surface area contributed by atoms with Gasteiger partial charge >= 0.3 is 5.69 Å². The van der Waals surface area contributed by atoms with Crippen molar-refractivity contribution in [1.82, 2.24) is 15.0 Å². The summed E-state index contributed by atoms with van der Waals surface area (Å²) in [5, 5.41) is 0. The molecule has 0 spiro atoms. The first-order chi connectivity index (χ1) is 5.27. The van der Waals surface area contributed by atoms with Gasteiger partial charge in [-0.05, 0) is 6.07 Å². The Labute approximate surface area is 88.5 Å². The van der Waals surface area contributed by atoms with Crippen molar-refractivity contribution in [3.05, 3.63) is 33.1 Å². The predicted octanol–water partition coefficient (Wildman–Crippen LogP) is -0.836. The molecule has 0 aliphatic heterocycles. The monoisotopic (exact) mass is 174 g/mol. The molecular weight excluding hydrogens is 169 g/mol. The first kappa shape index (κ1) is 9.31. The van der Waals surface area contributed by atoms with Crippen LogP contribution in [0.3, 0.4) is 0 Å². The summed E-state index contributed by atoms with van der Waals surface area (Å²) in [5.74, 6) is 0. The minimum absolute atomic E-state index is 0. The first-order valence-electron chi connectivity index (χ1n) is 3.07. The average Bonchev–Trinajstić information content (AvgIpc) is 2.34. The fraction of sp³-hybridized carbons (Fsp3) is 0. The second-order valence-corrected chi connectivity index (χ2v) is 2.17. The molecule has 1 radical (unpaired) electrons. The molecule has 0 aromatic carbocycles. The van der Waals surface area contributed by atoms with Crippen molar-refractivity contribution in [2.45, 2.75) is 0 Å². The molecule has 0 fully saturated rings. The van der Waals surface area contributed by atoms with E-state index in [0.29, 0.717) is 11.0 Å². The third-order valence-electron chi connectivity index (χ3n) is 1.45. The van der Waals surface area contributed by atoms with E-state index >= 15 is 0 Å². The van der Waals surface area contributed by atoms with Crippen molar-refractivity contribution in [2.24, 2.45) is 0 Å². The minimum atomic E-state index is -0.484. The fourth-order valence-corrected chi connectivity index (χ4v) is 0.981. The van der Waals surface area contributed by atoms with E-state index in [2.05, 4.69) is 15.0 Å². The van der Waals surface area contributed by atoms with Crippen LogP contribution in [0.15, 0.2) is 21.9 Å². The Bertz CT molecular complexity index is 495.